The van der Waals surface area contributed by atoms with Crippen molar-refractivity contribution in [2.75, 3.05) is 0 Å². The van der Waals surface area contributed by atoms with Crippen LogP contribution in [-0.2, 0) is 0 Å². The molecule has 0 aromatic carbocycles. The molecule has 0 saturated heterocycles. The molecule has 0 aliphatic rings. The minimum atomic E-state index is -1.05. The standard InChI is InChI=1S/C5H15NSi2/c1-7(2)6-8(3,4)5/h1-5H3. The summed E-state index contributed by atoms with van der Waals surface area (Å²) in [6.45, 7) is 11.3. The molecule has 0 N–H and O–H groups in total. The largest absolute Gasteiger partial charge is 0.368 e. The van der Waals surface area contributed by atoms with Crippen molar-refractivity contribution in [2.24, 2.45) is 4.30 Å². The number of hydrogen-bond donors (Lipinski definition) is 0. The van der Waals surface area contributed by atoms with Gasteiger partial charge in [0.25, 0.3) is 0 Å². The van der Waals surface area contributed by atoms with E-state index in [9.17, 15) is 0 Å². The van der Waals surface area contributed by atoms with Crippen LogP contribution in [0.2, 0.25) is 32.7 Å². The van der Waals surface area contributed by atoms with Crippen molar-refractivity contribution >= 4 is 16.8 Å². The minimum absolute atomic E-state index is 0.305. The Kier molecular flexibility index (Phi) is 2.76. The van der Waals surface area contributed by atoms with E-state index in [1.54, 1.807) is 0 Å². The first-order valence-corrected chi connectivity index (χ1v) is 8.84. The Morgan fingerprint density at radius 1 is 1.12 bits per heavy atom. The molecule has 0 spiro atoms. The van der Waals surface area contributed by atoms with Crippen molar-refractivity contribution in [1.29, 1.82) is 0 Å². The minimum Gasteiger partial charge on any atom is -0.368 e. The monoisotopic (exact) mass is 145 g/mol. The van der Waals surface area contributed by atoms with E-state index in [1.807, 2.05) is 0 Å². The van der Waals surface area contributed by atoms with Gasteiger partial charge in [0.2, 0.25) is 0 Å². The third-order valence-corrected chi connectivity index (χ3v) is 5.03. The van der Waals surface area contributed by atoms with Crippen LogP contribution >= 0.6 is 0 Å². The first kappa shape index (κ1) is 8.23. The van der Waals surface area contributed by atoms with E-state index in [0.29, 0.717) is 0 Å². The smallest absolute Gasteiger partial charge is 0.158 e. The van der Waals surface area contributed by atoms with E-state index in [0.717, 1.165) is 0 Å². The van der Waals surface area contributed by atoms with Gasteiger partial charge in [-0.05, 0) is 13.1 Å². The maximum atomic E-state index is 4.65. The molecule has 0 fully saturated rings. The van der Waals surface area contributed by atoms with Crippen LogP contribution in [0.25, 0.3) is 0 Å². The van der Waals surface area contributed by atoms with E-state index in [-0.39, 0.29) is 8.59 Å². The highest BCUT2D eigenvalue weighted by Crippen LogP contribution is 2.01. The van der Waals surface area contributed by atoms with Crippen LogP contribution < -0.4 is 0 Å². The highest BCUT2D eigenvalue weighted by atomic mass is 28.4. The van der Waals surface area contributed by atoms with Gasteiger partial charge in [0, 0.05) is 0 Å². The van der Waals surface area contributed by atoms with Gasteiger partial charge in [-0.2, -0.15) is 0 Å². The zero-order chi connectivity index (χ0) is 6.78. The summed E-state index contributed by atoms with van der Waals surface area (Å²) in [5.74, 6) is 0. The van der Waals surface area contributed by atoms with Gasteiger partial charge in [-0.3, -0.25) is 0 Å². The predicted molar refractivity (Wildman–Crippen MR) is 43.3 cm³/mol. The van der Waals surface area contributed by atoms with Crippen LogP contribution in [0, 0.1) is 0 Å². The molecule has 0 aliphatic heterocycles. The summed E-state index contributed by atoms with van der Waals surface area (Å²) < 4.78 is 4.65. The van der Waals surface area contributed by atoms with Gasteiger partial charge in [-0.25, -0.2) is 0 Å². The van der Waals surface area contributed by atoms with Gasteiger partial charge >= 0.3 is 0 Å². The molecule has 48 valence electrons. The summed E-state index contributed by atoms with van der Waals surface area (Å²) in [5, 5.41) is 0. The first-order valence-electron chi connectivity index (χ1n) is 2.95. The van der Waals surface area contributed by atoms with Crippen LogP contribution in [0.3, 0.4) is 0 Å². The fraction of sp³-hybridized carbons (Fsp3) is 1.00. The zero-order valence-corrected chi connectivity index (χ0v) is 8.45. The third kappa shape index (κ3) is 6.23. The molecule has 8 heavy (non-hydrogen) atoms. The zero-order valence-electron chi connectivity index (χ0n) is 6.45. The van der Waals surface area contributed by atoms with E-state index in [4.69, 9.17) is 0 Å². The summed E-state index contributed by atoms with van der Waals surface area (Å²) in [5.41, 5.74) is 0. The fourth-order valence-electron chi connectivity index (χ4n) is 0.671. The molecule has 0 heterocycles. The van der Waals surface area contributed by atoms with Crippen molar-refractivity contribution in [3.05, 3.63) is 0 Å². The Labute approximate surface area is 54.6 Å². The second-order valence-corrected chi connectivity index (χ2v) is 10.4. The van der Waals surface area contributed by atoms with E-state index < -0.39 is 8.24 Å². The fourth-order valence-corrected chi connectivity index (χ4v) is 6.04. The van der Waals surface area contributed by atoms with E-state index >= 15 is 0 Å². The van der Waals surface area contributed by atoms with Crippen LogP contribution in [-0.4, -0.2) is 16.8 Å². The van der Waals surface area contributed by atoms with Gasteiger partial charge in [0.05, 0.1) is 0 Å². The molecule has 1 nitrogen and oxygen atoms in total. The van der Waals surface area contributed by atoms with Gasteiger partial charge in [0.15, 0.2) is 8.24 Å². The van der Waals surface area contributed by atoms with Crippen LogP contribution in [0.15, 0.2) is 4.30 Å². The Balaban J connectivity index is 3.89. The quantitative estimate of drug-likeness (QED) is 0.502. The Morgan fingerprint density at radius 2 is 1.50 bits per heavy atom. The van der Waals surface area contributed by atoms with Crippen molar-refractivity contribution < 1.29 is 0 Å². The molecule has 0 aromatic heterocycles. The lowest BCUT2D eigenvalue weighted by Gasteiger charge is -2.08. The molecular weight excluding hydrogens is 130 g/mol. The van der Waals surface area contributed by atoms with Crippen molar-refractivity contribution in [2.45, 2.75) is 32.7 Å². The molecule has 0 bridgehead atoms. The molecule has 0 aliphatic carbocycles. The normalized spacial score (nSPS) is 11.1. The molecule has 0 amide bonds. The molecule has 0 radical (unpaired) electrons. The SMILES string of the molecule is C[Si](C)=N[Si](C)(C)C. The maximum absolute atomic E-state index is 4.65. The number of rotatable bonds is 1. The third-order valence-electron chi connectivity index (χ3n) is 0.559. The average Bonchev–Trinajstić information content (AvgIpc) is 1.21. The second kappa shape index (κ2) is 2.68. The summed E-state index contributed by atoms with van der Waals surface area (Å²) >= 11 is 0. The lowest BCUT2D eigenvalue weighted by Crippen LogP contribution is -2.18. The number of nitrogens with zero attached hydrogens (tertiary/aromatic N) is 1. The summed E-state index contributed by atoms with van der Waals surface area (Å²) in [4.78, 5) is 0. The molecular formula is C5H15NSi2. The maximum Gasteiger partial charge on any atom is 0.158 e. The Bertz CT molecular complexity index is 97.5. The van der Waals surface area contributed by atoms with Gasteiger partial charge in [0.1, 0.15) is 8.59 Å². The second-order valence-electron chi connectivity index (χ2n) is 3.23. The number of hydrogen-bond acceptors (Lipinski definition) is 1. The Hall–Kier alpha value is 0.234. The lowest BCUT2D eigenvalue weighted by atomic mass is 11.8. The summed E-state index contributed by atoms with van der Waals surface area (Å²) in [7, 11) is -1.36. The predicted octanol–water partition coefficient (Wildman–Crippen LogP) is 2.34. The Morgan fingerprint density at radius 3 is 1.50 bits per heavy atom. The van der Waals surface area contributed by atoms with E-state index in [2.05, 4.69) is 37.0 Å². The van der Waals surface area contributed by atoms with E-state index in [1.165, 1.54) is 0 Å². The van der Waals surface area contributed by atoms with Gasteiger partial charge < -0.3 is 4.30 Å². The lowest BCUT2D eigenvalue weighted by molar-refractivity contribution is 1.57. The first-order chi connectivity index (χ1) is 3.42. The molecule has 0 rings (SSSR count). The molecule has 0 unspecified atom stereocenters. The highest BCUT2D eigenvalue weighted by Gasteiger charge is 2.08. The highest BCUT2D eigenvalue weighted by molar-refractivity contribution is 6.78. The molecule has 3 heteroatoms. The summed E-state index contributed by atoms with van der Waals surface area (Å²) in [6, 6.07) is 0. The van der Waals surface area contributed by atoms with Crippen LogP contribution in [0.1, 0.15) is 0 Å². The van der Waals surface area contributed by atoms with Crippen LogP contribution in [0.5, 0.6) is 0 Å². The van der Waals surface area contributed by atoms with Crippen LogP contribution in [0.4, 0.5) is 0 Å². The van der Waals surface area contributed by atoms with Gasteiger partial charge in [-0.15, -0.1) is 0 Å². The van der Waals surface area contributed by atoms with Crippen molar-refractivity contribution in [3.63, 3.8) is 0 Å². The summed E-state index contributed by atoms with van der Waals surface area (Å²) in [6.07, 6.45) is 0. The molecule has 0 atom stereocenters. The topological polar surface area (TPSA) is 12.4 Å². The average molecular weight is 145 g/mol. The molecule has 0 aromatic rings. The van der Waals surface area contributed by atoms with Crippen molar-refractivity contribution in [3.8, 4) is 0 Å². The van der Waals surface area contributed by atoms with Crippen molar-refractivity contribution in [1.82, 2.24) is 0 Å². The van der Waals surface area contributed by atoms with Gasteiger partial charge in [-0.1, -0.05) is 19.6 Å². The molecule has 0 saturated carbocycles.